The maximum absolute atomic E-state index is 11.5. The normalized spacial score (nSPS) is 17.7. The predicted octanol–water partition coefficient (Wildman–Crippen LogP) is 1.61. The van der Waals surface area contributed by atoms with E-state index in [1.165, 1.54) is 5.06 Å². The van der Waals surface area contributed by atoms with E-state index in [2.05, 4.69) is 4.90 Å². The van der Waals surface area contributed by atoms with Gasteiger partial charge < -0.3 is 9.74 Å². The largest absolute Gasteiger partial charge is 0.368 e. The van der Waals surface area contributed by atoms with E-state index in [4.69, 9.17) is 4.84 Å². The van der Waals surface area contributed by atoms with Crippen molar-refractivity contribution < 1.29 is 9.63 Å². The van der Waals surface area contributed by atoms with Crippen LogP contribution >= 0.6 is 0 Å². The maximum atomic E-state index is 11.5. The summed E-state index contributed by atoms with van der Waals surface area (Å²) in [5.74, 6) is -0.227. The van der Waals surface area contributed by atoms with Crippen molar-refractivity contribution in [3.63, 3.8) is 0 Å². The summed E-state index contributed by atoms with van der Waals surface area (Å²) in [6.07, 6.45) is 12.4. The van der Waals surface area contributed by atoms with Gasteiger partial charge in [-0.25, -0.2) is 0 Å². The van der Waals surface area contributed by atoms with Crippen molar-refractivity contribution in [1.82, 2.24) is 9.96 Å². The number of carbonyl (C=O) groups excluding carboxylic acids is 1. The van der Waals surface area contributed by atoms with Crippen molar-refractivity contribution in [3.05, 3.63) is 47.9 Å². The van der Waals surface area contributed by atoms with Crippen molar-refractivity contribution in [2.45, 2.75) is 6.42 Å². The number of nitrogens with zero attached hydrogens (tertiary/aromatic N) is 2. The molecule has 0 saturated heterocycles. The van der Waals surface area contributed by atoms with Gasteiger partial charge in [-0.05, 0) is 23.8 Å². The van der Waals surface area contributed by atoms with Gasteiger partial charge in [0.05, 0.1) is 6.42 Å². The minimum absolute atomic E-state index is 0.227. The molecule has 2 heterocycles. The first-order chi connectivity index (χ1) is 8.15. The van der Waals surface area contributed by atoms with Gasteiger partial charge in [0.2, 0.25) is 0 Å². The van der Waals surface area contributed by atoms with Crippen LogP contribution in [0.3, 0.4) is 0 Å². The molecule has 0 unspecified atom stereocenters. The van der Waals surface area contributed by atoms with E-state index < -0.39 is 0 Å². The molecule has 4 heteroatoms. The molecule has 0 aromatic carbocycles. The standard InChI is InChI=1S/C13H16N2O2/c1-14(2)17-13(16)9-11-6-7-12-5-3-4-8-15(12)10-11/h3-8H,9-10H2,1-2H3. The fourth-order valence-electron chi connectivity index (χ4n) is 1.80. The highest BCUT2D eigenvalue weighted by Crippen LogP contribution is 2.21. The summed E-state index contributed by atoms with van der Waals surface area (Å²) in [5.41, 5.74) is 2.21. The van der Waals surface area contributed by atoms with E-state index >= 15 is 0 Å². The number of allylic oxidation sites excluding steroid dienone is 5. The summed E-state index contributed by atoms with van der Waals surface area (Å²) >= 11 is 0. The number of hydroxylamine groups is 2. The molecule has 0 bridgehead atoms. The lowest BCUT2D eigenvalue weighted by Crippen LogP contribution is -2.25. The van der Waals surface area contributed by atoms with Gasteiger partial charge in [-0.2, -0.15) is 0 Å². The molecule has 0 N–H and O–H groups in total. The molecule has 0 spiro atoms. The van der Waals surface area contributed by atoms with Crippen LogP contribution in [0.1, 0.15) is 6.42 Å². The fourth-order valence-corrected chi connectivity index (χ4v) is 1.80. The van der Waals surface area contributed by atoms with Crippen LogP contribution in [0.5, 0.6) is 0 Å². The fraction of sp³-hybridized carbons (Fsp3) is 0.308. The first-order valence-electron chi connectivity index (χ1n) is 5.54. The number of rotatable bonds is 3. The second kappa shape index (κ2) is 5.01. The molecule has 0 radical (unpaired) electrons. The molecule has 0 fully saturated rings. The molecule has 0 aromatic heterocycles. The minimum Gasteiger partial charge on any atom is -0.368 e. The Balaban J connectivity index is 1.98. The third-order valence-electron chi connectivity index (χ3n) is 2.49. The van der Waals surface area contributed by atoms with Crippen LogP contribution < -0.4 is 0 Å². The van der Waals surface area contributed by atoms with Crippen LogP contribution in [0, 0.1) is 0 Å². The molecule has 0 saturated carbocycles. The molecular weight excluding hydrogens is 216 g/mol. The van der Waals surface area contributed by atoms with Crippen LogP contribution in [0.2, 0.25) is 0 Å². The summed E-state index contributed by atoms with van der Waals surface area (Å²) in [6, 6.07) is 0. The zero-order chi connectivity index (χ0) is 12.3. The number of carbonyl (C=O) groups is 1. The Hall–Kier alpha value is -1.81. The van der Waals surface area contributed by atoms with Crippen LogP contribution in [0.15, 0.2) is 47.9 Å². The molecule has 90 valence electrons. The molecule has 4 nitrogen and oxygen atoms in total. The van der Waals surface area contributed by atoms with Crippen LogP contribution in [0.4, 0.5) is 0 Å². The van der Waals surface area contributed by atoms with Gasteiger partial charge in [0.25, 0.3) is 0 Å². The third kappa shape index (κ3) is 3.07. The number of hydrogen-bond donors (Lipinski definition) is 0. The van der Waals surface area contributed by atoms with Crippen molar-refractivity contribution in [2.24, 2.45) is 0 Å². The third-order valence-corrected chi connectivity index (χ3v) is 2.49. The molecule has 2 aliphatic heterocycles. The first kappa shape index (κ1) is 11.7. The van der Waals surface area contributed by atoms with Gasteiger partial charge in [-0.15, -0.1) is 5.06 Å². The molecule has 0 atom stereocenters. The van der Waals surface area contributed by atoms with Gasteiger partial charge in [0.15, 0.2) is 0 Å². The van der Waals surface area contributed by atoms with Gasteiger partial charge in [0, 0.05) is 32.5 Å². The molecule has 17 heavy (non-hydrogen) atoms. The first-order valence-corrected chi connectivity index (χ1v) is 5.54. The lowest BCUT2D eigenvalue weighted by Gasteiger charge is -2.27. The Morgan fingerprint density at radius 1 is 1.41 bits per heavy atom. The van der Waals surface area contributed by atoms with Gasteiger partial charge in [-0.3, -0.25) is 4.79 Å². The van der Waals surface area contributed by atoms with E-state index in [-0.39, 0.29) is 5.97 Å². The number of hydrogen-bond acceptors (Lipinski definition) is 4. The van der Waals surface area contributed by atoms with Crippen molar-refractivity contribution >= 4 is 5.97 Å². The van der Waals surface area contributed by atoms with E-state index in [1.54, 1.807) is 14.1 Å². The Kier molecular flexibility index (Phi) is 3.44. The van der Waals surface area contributed by atoms with Gasteiger partial charge in [0.1, 0.15) is 0 Å². The Morgan fingerprint density at radius 2 is 2.24 bits per heavy atom. The Labute approximate surface area is 101 Å². The van der Waals surface area contributed by atoms with Crippen molar-refractivity contribution in [1.29, 1.82) is 0 Å². The van der Waals surface area contributed by atoms with Gasteiger partial charge >= 0.3 is 5.97 Å². The highest BCUT2D eigenvalue weighted by atomic mass is 16.7. The summed E-state index contributed by atoms with van der Waals surface area (Å²) < 4.78 is 0. The Morgan fingerprint density at radius 3 is 3.00 bits per heavy atom. The quantitative estimate of drug-likeness (QED) is 0.692. The Bertz CT molecular complexity index is 431. The second-order valence-corrected chi connectivity index (χ2v) is 4.20. The number of fused-ring (bicyclic) bond motifs is 1. The second-order valence-electron chi connectivity index (χ2n) is 4.20. The minimum atomic E-state index is -0.227. The highest BCUT2D eigenvalue weighted by molar-refractivity contribution is 5.72. The molecular formula is C13H16N2O2. The van der Waals surface area contributed by atoms with E-state index in [9.17, 15) is 4.79 Å². The lowest BCUT2D eigenvalue weighted by atomic mass is 10.1. The monoisotopic (exact) mass is 232 g/mol. The van der Waals surface area contributed by atoms with Crippen LogP contribution in [-0.2, 0) is 9.63 Å². The van der Waals surface area contributed by atoms with Gasteiger partial charge in [-0.1, -0.05) is 12.2 Å². The van der Waals surface area contributed by atoms with Crippen LogP contribution in [-0.4, -0.2) is 36.6 Å². The topological polar surface area (TPSA) is 32.8 Å². The molecule has 0 amide bonds. The zero-order valence-corrected chi connectivity index (χ0v) is 10.1. The average Bonchev–Trinajstić information content (AvgIpc) is 2.27. The SMILES string of the molecule is CN(C)OC(=O)CC1=CC=C2C=CC=CN2C1. The molecule has 0 aliphatic carbocycles. The summed E-state index contributed by atoms with van der Waals surface area (Å²) in [6.45, 7) is 0.745. The van der Waals surface area contributed by atoms with Crippen molar-refractivity contribution in [3.8, 4) is 0 Å². The smallest absolute Gasteiger partial charge is 0.329 e. The lowest BCUT2D eigenvalue weighted by molar-refractivity contribution is -0.177. The molecule has 0 aromatic rings. The zero-order valence-electron chi connectivity index (χ0n) is 10.1. The van der Waals surface area contributed by atoms with Crippen LogP contribution in [0.25, 0.3) is 0 Å². The summed E-state index contributed by atoms with van der Waals surface area (Å²) in [5, 5.41) is 1.41. The molecule has 2 aliphatic rings. The van der Waals surface area contributed by atoms with E-state index in [1.807, 2.05) is 36.6 Å². The summed E-state index contributed by atoms with van der Waals surface area (Å²) in [7, 11) is 3.40. The summed E-state index contributed by atoms with van der Waals surface area (Å²) in [4.78, 5) is 18.6. The average molecular weight is 232 g/mol. The predicted molar refractivity (Wildman–Crippen MR) is 65.5 cm³/mol. The van der Waals surface area contributed by atoms with E-state index in [0.29, 0.717) is 6.42 Å². The maximum Gasteiger partial charge on any atom is 0.329 e. The highest BCUT2D eigenvalue weighted by Gasteiger charge is 2.16. The van der Waals surface area contributed by atoms with E-state index in [0.717, 1.165) is 17.8 Å². The molecule has 2 rings (SSSR count). The van der Waals surface area contributed by atoms with Crippen molar-refractivity contribution in [2.75, 3.05) is 20.6 Å².